The van der Waals surface area contributed by atoms with Crippen LogP contribution >= 0.6 is 7.60 Å². The zero-order valence-electron chi connectivity index (χ0n) is 11.7. The van der Waals surface area contributed by atoms with Crippen molar-refractivity contribution in [2.75, 3.05) is 13.2 Å². The Hall–Kier alpha value is 0.110. The third-order valence-corrected chi connectivity index (χ3v) is 5.18. The Bertz CT molecular complexity index is 239. The second-order valence-electron chi connectivity index (χ2n) is 5.03. The maximum atomic E-state index is 12.7. The van der Waals surface area contributed by atoms with Gasteiger partial charge in [-0.3, -0.25) is 4.57 Å². The number of hydrogen-bond acceptors (Lipinski definition) is 4. The lowest BCUT2D eigenvalue weighted by Gasteiger charge is -2.34. The van der Waals surface area contributed by atoms with E-state index < -0.39 is 18.9 Å². The quantitative estimate of drug-likeness (QED) is 0.648. The number of aliphatic hydroxyl groups is 1. The van der Waals surface area contributed by atoms with Crippen LogP contribution in [0.25, 0.3) is 0 Å². The minimum atomic E-state index is -3.17. The van der Waals surface area contributed by atoms with Crippen LogP contribution in [0.2, 0.25) is 0 Å². The van der Waals surface area contributed by atoms with Crippen LogP contribution in [0, 0.1) is 0 Å². The van der Waals surface area contributed by atoms with Crippen LogP contribution in [-0.4, -0.2) is 29.6 Å². The third-order valence-electron chi connectivity index (χ3n) is 2.47. The molecule has 5 heteroatoms. The summed E-state index contributed by atoms with van der Waals surface area (Å²) >= 11 is 0. The van der Waals surface area contributed by atoms with Gasteiger partial charge in [-0.05, 0) is 40.0 Å². The maximum absolute atomic E-state index is 12.7. The van der Waals surface area contributed by atoms with Crippen LogP contribution in [0.15, 0.2) is 0 Å². The molecule has 1 atom stereocenters. The molecule has 0 rings (SSSR count). The monoisotopic (exact) mass is 266 g/mol. The molecular weight excluding hydrogens is 239 g/mol. The summed E-state index contributed by atoms with van der Waals surface area (Å²) in [5, 5.41) is 8.81. The first-order valence-corrected chi connectivity index (χ1v) is 7.90. The summed E-state index contributed by atoms with van der Waals surface area (Å²) in [7, 11) is -3.17. The summed E-state index contributed by atoms with van der Waals surface area (Å²) < 4.78 is 23.7. The molecule has 0 amide bonds. The average Bonchev–Trinajstić information content (AvgIpc) is 2.21. The van der Waals surface area contributed by atoms with Crippen molar-refractivity contribution in [1.82, 2.24) is 0 Å². The van der Waals surface area contributed by atoms with Crippen molar-refractivity contribution < 1.29 is 18.7 Å². The highest BCUT2D eigenvalue weighted by molar-refractivity contribution is 7.55. The van der Waals surface area contributed by atoms with E-state index >= 15 is 0 Å². The van der Waals surface area contributed by atoms with E-state index in [0.29, 0.717) is 19.6 Å². The minimum absolute atomic E-state index is 0.401. The fraction of sp³-hybridized carbons (Fsp3) is 1.00. The first kappa shape index (κ1) is 17.1. The molecule has 0 heterocycles. The van der Waals surface area contributed by atoms with E-state index in [-0.39, 0.29) is 0 Å². The van der Waals surface area contributed by atoms with Crippen molar-refractivity contribution in [3.63, 3.8) is 0 Å². The molecule has 0 saturated carbocycles. The van der Waals surface area contributed by atoms with E-state index in [2.05, 4.69) is 0 Å². The van der Waals surface area contributed by atoms with Gasteiger partial charge in [0.25, 0.3) is 0 Å². The van der Waals surface area contributed by atoms with E-state index in [1.165, 1.54) is 0 Å². The molecule has 0 aliphatic carbocycles. The summed E-state index contributed by atoms with van der Waals surface area (Å²) in [6.07, 6.45) is 1.47. The molecule has 0 aromatic heterocycles. The standard InChI is InChI=1S/C12H27O4P/c1-6-8-15-17(14,16-9-7-2)12(4,5)10-11(3)13/h11,13H,6-10H2,1-5H3. The second kappa shape index (κ2) is 7.52. The molecule has 0 saturated heterocycles. The van der Waals surface area contributed by atoms with E-state index in [9.17, 15) is 9.67 Å². The first-order chi connectivity index (χ1) is 7.79. The number of rotatable bonds is 9. The highest BCUT2D eigenvalue weighted by atomic mass is 31.2. The molecule has 4 nitrogen and oxygen atoms in total. The predicted octanol–water partition coefficient (Wildman–Crippen LogP) is 3.58. The van der Waals surface area contributed by atoms with Gasteiger partial charge in [0, 0.05) is 0 Å². The smallest absolute Gasteiger partial charge is 0.336 e. The van der Waals surface area contributed by atoms with Gasteiger partial charge >= 0.3 is 7.60 Å². The van der Waals surface area contributed by atoms with Crippen LogP contribution in [0.1, 0.15) is 53.9 Å². The highest BCUT2D eigenvalue weighted by Crippen LogP contribution is 2.61. The molecule has 104 valence electrons. The van der Waals surface area contributed by atoms with Crippen LogP contribution in [0.4, 0.5) is 0 Å². The Morgan fingerprint density at radius 2 is 1.59 bits per heavy atom. The molecule has 0 radical (unpaired) electrons. The molecule has 1 unspecified atom stereocenters. The van der Waals surface area contributed by atoms with Crippen LogP contribution < -0.4 is 0 Å². The van der Waals surface area contributed by atoms with Crippen molar-refractivity contribution in [1.29, 1.82) is 0 Å². The lowest BCUT2D eigenvalue weighted by Crippen LogP contribution is -2.28. The van der Waals surface area contributed by atoms with Gasteiger partial charge in [-0.25, -0.2) is 0 Å². The van der Waals surface area contributed by atoms with E-state index in [0.717, 1.165) is 12.8 Å². The third kappa shape index (κ3) is 5.52. The fourth-order valence-corrected chi connectivity index (χ4v) is 3.75. The lowest BCUT2D eigenvalue weighted by molar-refractivity contribution is 0.144. The highest BCUT2D eigenvalue weighted by Gasteiger charge is 2.43. The van der Waals surface area contributed by atoms with E-state index in [1.807, 2.05) is 27.7 Å². The van der Waals surface area contributed by atoms with Crippen molar-refractivity contribution in [3.8, 4) is 0 Å². The molecule has 0 fully saturated rings. The van der Waals surface area contributed by atoms with Crippen LogP contribution in [0.5, 0.6) is 0 Å². The van der Waals surface area contributed by atoms with Crippen molar-refractivity contribution in [2.45, 2.75) is 65.1 Å². The Kier molecular flexibility index (Phi) is 7.57. The number of hydrogen-bond donors (Lipinski definition) is 1. The maximum Gasteiger partial charge on any atom is 0.336 e. The van der Waals surface area contributed by atoms with Crippen molar-refractivity contribution in [2.24, 2.45) is 0 Å². The lowest BCUT2D eigenvalue weighted by atomic mass is 10.1. The van der Waals surface area contributed by atoms with Gasteiger partial charge in [-0.1, -0.05) is 13.8 Å². The average molecular weight is 266 g/mol. The second-order valence-corrected chi connectivity index (χ2v) is 7.75. The summed E-state index contributed by atoms with van der Waals surface area (Å²) in [6, 6.07) is 0. The molecule has 0 bridgehead atoms. The Balaban J connectivity index is 4.80. The summed E-state index contributed by atoms with van der Waals surface area (Å²) in [5.41, 5.74) is 0. The molecular formula is C12H27O4P. The molecule has 1 N–H and O–H groups in total. The normalized spacial score (nSPS) is 14.9. The Morgan fingerprint density at radius 1 is 1.18 bits per heavy atom. The van der Waals surface area contributed by atoms with E-state index in [1.54, 1.807) is 6.92 Å². The molecule has 17 heavy (non-hydrogen) atoms. The topological polar surface area (TPSA) is 55.8 Å². The van der Waals surface area contributed by atoms with Gasteiger partial charge < -0.3 is 14.2 Å². The SMILES string of the molecule is CCCOP(=O)(OCCC)C(C)(C)CC(C)O. The zero-order chi connectivity index (χ0) is 13.5. The minimum Gasteiger partial charge on any atom is -0.393 e. The van der Waals surface area contributed by atoms with Gasteiger partial charge in [0.05, 0.1) is 24.5 Å². The predicted molar refractivity (Wildman–Crippen MR) is 70.5 cm³/mol. The largest absolute Gasteiger partial charge is 0.393 e. The van der Waals surface area contributed by atoms with E-state index in [4.69, 9.17) is 9.05 Å². The molecule has 0 spiro atoms. The van der Waals surface area contributed by atoms with Crippen LogP contribution in [-0.2, 0) is 13.6 Å². The zero-order valence-corrected chi connectivity index (χ0v) is 12.6. The van der Waals surface area contributed by atoms with Gasteiger partial charge in [0.15, 0.2) is 0 Å². The molecule has 0 aromatic carbocycles. The molecule has 0 aromatic rings. The summed E-state index contributed by atoms with van der Waals surface area (Å²) in [4.78, 5) is 0. The number of aliphatic hydroxyl groups excluding tert-OH is 1. The Morgan fingerprint density at radius 3 is 1.88 bits per heavy atom. The van der Waals surface area contributed by atoms with Gasteiger partial charge in [-0.15, -0.1) is 0 Å². The Labute approximate surface area is 105 Å². The fourth-order valence-electron chi connectivity index (χ4n) is 1.64. The van der Waals surface area contributed by atoms with Gasteiger partial charge in [-0.2, -0.15) is 0 Å². The molecule has 0 aliphatic rings. The molecule has 0 aliphatic heterocycles. The van der Waals surface area contributed by atoms with Crippen LogP contribution in [0.3, 0.4) is 0 Å². The summed E-state index contributed by atoms with van der Waals surface area (Å²) in [6.45, 7) is 10.1. The first-order valence-electron chi connectivity index (χ1n) is 6.36. The van der Waals surface area contributed by atoms with Gasteiger partial charge in [0.2, 0.25) is 0 Å². The van der Waals surface area contributed by atoms with Gasteiger partial charge in [0.1, 0.15) is 0 Å². The van der Waals surface area contributed by atoms with Crippen molar-refractivity contribution >= 4 is 7.60 Å². The van der Waals surface area contributed by atoms with Crippen molar-refractivity contribution in [3.05, 3.63) is 0 Å². The summed E-state index contributed by atoms with van der Waals surface area (Å²) in [5.74, 6) is 0.